The van der Waals surface area contributed by atoms with Crippen LogP contribution in [0.2, 0.25) is 0 Å². The fourth-order valence-corrected chi connectivity index (χ4v) is 3.75. The third-order valence-electron chi connectivity index (χ3n) is 4.77. The van der Waals surface area contributed by atoms with Crippen LogP contribution in [-0.4, -0.2) is 26.2 Å². The normalized spacial score (nSPS) is 27.6. The van der Waals surface area contributed by atoms with Crippen molar-refractivity contribution in [3.63, 3.8) is 0 Å². The second kappa shape index (κ2) is 5.68. The molecule has 0 aliphatic carbocycles. The molecule has 1 unspecified atom stereocenters. The maximum Gasteiger partial charge on any atom is 0.128 e. The van der Waals surface area contributed by atoms with Crippen LogP contribution in [0.1, 0.15) is 32.1 Å². The molecule has 2 saturated heterocycles. The lowest BCUT2D eigenvalue weighted by atomic mass is 9.74. The van der Waals surface area contributed by atoms with E-state index in [9.17, 15) is 8.78 Å². The Hall–Kier alpha value is -1.16. The average Bonchev–Trinajstić information content (AvgIpc) is 2.63. The van der Waals surface area contributed by atoms with E-state index in [0.29, 0.717) is 11.1 Å². The average molecular weight is 280 g/mol. The van der Waals surface area contributed by atoms with Gasteiger partial charge >= 0.3 is 0 Å². The van der Waals surface area contributed by atoms with Gasteiger partial charge in [0.2, 0.25) is 0 Å². The highest BCUT2D eigenvalue weighted by molar-refractivity contribution is 5.47. The summed E-state index contributed by atoms with van der Waals surface area (Å²) in [5.41, 5.74) is 1.02. The summed E-state index contributed by atoms with van der Waals surface area (Å²) in [6.07, 6.45) is 5.93. The zero-order valence-electron chi connectivity index (χ0n) is 11.8. The summed E-state index contributed by atoms with van der Waals surface area (Å²) in [6, 6.07) is 3.85. The maximum absolute atomic E-state index is 13.4. The molecule has 4 heteroatoms. The predicted octanol–water partition coefficient (Wildman–Crippen LogP) is 3.32. The first-order valence-corrected chi connectivity index (χ1v) is 7.59. The van der Waals surface area contributed by atoms with Gasteiger partial charge < -0.3 is 10.2 Å². The van der Waals surface area contributed by atoms with Crippen molar-refractivity contribution in [2.75, 3.05) is 31.1 Å². The van der Waals surface area contributed by atoms with Crippen molar-refractivity contribution in [2.45, 2.75) is 32.1 Å². The zero-order chi connectivity index (χ0) is 14.0. The molecule has 1 aromatic carbocycles. The van der Waals surface area contributed by atoms with Crippen LogP contribution < -0.4 is 10.2 Å². The van der Waals surface area contributed by atoms with Crippen molar-refractivity contribution in [3.05, 3.63) is 29.8 Å². The molecule has 1 atom stereocenters. The summed E-state index contributed by atoms with van der Waals surface area (Å²) < 4.78 is 26.8. The number of rotatable bonds is 1. The number of hydrogen-bond acceptors (Lipinski definition) is 2. The van der Waals surface area contributed by atoms with Crippen LogP contribution in [0.3, 0.4) is 0 Å². The molecule has 110 valence electrons. The number of piperidine rings is 1. The monoisotopic (exact) mass is 280 g/mol. The molecule has 2 aliphatic rings. The molecule has 0 radical (unpaired) electrons. The van der Waals surface area contributed by atoms with Gasteiger partial charge in [0, 0.05) is 24.8 Å². The van der Waals surface area contributed by atoms with Crippen molar-refractivity contribution in [2.24, 2.45) is 5.41 Å². The van der Waals surface area contributed by atoms with Crippen molar-refractivity contribution < 1.29 is 8.78 Å². The molecule has 0 amide bonds. The van der Waals surface area contributed by atoms with E-state index in [0.717, 1.165) is 38.7 Å². The molecule has 1 spiro atoms. The number of halogens is 2. The van der Waals surface area contributed by atoms with Crippen molar-refractivity contribution in [1.29, 1.82) is 0 Å². The van der Waals surface area contributed by atoms with Crippen molar-refractivity contribution in [1.82, 2.24) is 5.32 Å². The van der Waals surface area contributed by atoms with Crippen LogP contribution in [0.4, 0.5) is 14.5 Å². The molecule has 1 N–H and O–H groups in total. The van der Waals surface area contributed by atoms with E-state index in [4.69, 9.17) is 0 Å². The first kappa shape index (κ1) is 13.8. The van der Waals surface area contributed by atoms with Gasteiger partial charge in [-0.25, -0.2) is 8.78 Å². The van der Waals surface area contributed by atoms with Crippen LogP contribution in [0, 0.1) is 17.0 Å². The second-order valence-electron chi connectivity index (χ2n) is 6.26. The van der Waals surface area contributed by atoms with Gasteiger partial charge in [-0.1, -0.05) is 0 Å². The quantitative estimate of drug-likeness (QED) is 0.849. The van der Waals surface area contributed by atoms with E-state index in [-0.39, 0.29) is 0 Å². The fraction of sp³-hybridized carbons (Fsp3) is 0.625. The Morgan fingerprint density at radius 3 is 2.50 bits per heavy atom. The van der Waals surface area contributed by atoms with Gasteiger partial charge in [0.15, 0.2) is 0 Å². The Balaban J connectivity index is 1.80. The van der Waals surface area contributed by atoms with E-state index in [1.807, 2.05) is 0 Å². The first-order valence-electron chi connectivity index (χ1n) is 7.59. The Labute approximate surface area is 119 Å². The topological polar surface area (TPSA) is 15.3 Å². The molecular weight excluding hydrogens is 258 g/mol. The lowest BCUT2D eigenvalue weighted by molar-refractivity contribution is 0.204. The third kappa shape index (κ3) is 2.95. The summed E-state index contributed by atoms with van der Waals surface area (Å²) in [6.45, 7) is 3.98. The highest BCUT2D eigenvalue weighted by Gasteiger charge is 2.35. The molecule has 2 fully saturated rings. The highest BCUT2D eigenvalue weighted by Crippen LogP contribution is 2.40. The van der Waals surface area contributed by atoms with Crippen molar-refractivity contribution in [3.8, 4) is 0 Å². The van der Waals surface area contributed by atoms with E-state index in [1.165, 1.54) is 37.8 Å². The second-order valence-corrected chi connectivity index (χ2v) is 6.26. The number of benzene rings is 1. The molecule has 2 nitrogen and oxygen atoms in total. The first-order chi connectivity index (χ1) is 9.67. The lowest BCUT2D eigenvalue weighted by Gasteiger charge is -2.43. The molecule has 0 aromatic heterocycles. The molecule has 2 aliphatic heterocycles. The van der Waals surface area contributed by atoms with Crippen LogP contribution in [-0.2, 0) is 0 Å². The summed E-state index contributed by atoms with van der Waals surface area (Å²) in [5, 5.41) is 3.45. The lowest BCUT2D eigenvalue weighted by Crippen LogP contribution is -2.43. The van der Waals surface area contributed by atoms with Crippen LogP contribution in [0.25, 0.3) is 0 Å². The SMILES string of the molecule is Fc1cc(F)cc(N2CCCC3(CCCNCC3)C2)c1. The molecule has 0 bridgehead atoms. The minimum absolute atomic E-state index is 0.324. The van der Waals surface area contributed by atoms with Gasteiger partial charge in [-0.2, -0.15) is 0 Å². The summed E-state index contributed by atoms with van der Waals surface area (Å²) in [5.74, 6) is -0.968. The van der Waals surface area contributed by atoms with Gasteiger partial charge in [-0.05, 0) is 62.7 Å². The van der Waals surface area contributed by atoms with Gasteiger partial charge in [0.25, 0.3) is 0 Å². The van der Waals surface area contributed by atoms with Crippen molar-refractivity contribution >= 4 is 5.69 Å². The smallest absolute Gasteiger partial charge is 0.128 e. The summed E-state index contributed by atoms with van der Waals surface area (Å²) in [7, 11) is 0. The predicted molar refractivity (Wildman–Crippen MR) is 77.0 cm³/mol. The minimum Gasteiger partial charge on any atom is -0.371 e. The van der Waals surface area contributed by atoms with Crippen LogP contribution >= 0.6 is 0 Å². The number of hydrogen-bond donors (Lipinski definition) is 1. The molecule has 3 rings (SSSR count). The third-order valence-corrected chi connectivity index (χ3v) is 4.77. The highest BCUT2D eigenvalue weighted by atomic mass is 19.1. The summed E-state index contributed by atoms with van der Waals surface area (Å²) >= 11 is 0. The van der Waals surface area contributed by atoms with E-state index in [1.54, 1.807) is 0 Å². The van der Waals surface area contributed by atoms with E-state index >= 15 is 0 Å². The Bertz CT molecular complexity index is 447. The molecule has 2 heterocycles. The number of nitrogens with one attached hydrogen (secondary N) is 1. The standard InChI is InChI=1S/C16H22F2N2/c17-13-9-14(18)11-15(10-13)20-8-2-4-16(12-20)3-1-6-19-7-5-16/h9-11,19H,1-8,12H2. The Morgan fingerprint density at radius 1 is 0.950 bits per heavy atom. The number of anilines is 1. The van der Waals surface area contributed by atoms with Gasteiger partial charge in [0.05, 0.1) is 0 Å². The van der Waals surface area contributed by atoms with E-state index in [2.05, 4.69) is 10.2 Å². The van der Waals surface area contributed by atoms with Crippen LogP contribution in [0.5, 0.6) is 0 Å². The van der Waals surface area contributed by atoms with E-state index < -0.39 is 11.6 Å². The fourth-order valence-electron chi connectivity index (χ4n) is 3.75. The maximum atomic E-state index is 13.4. The molecular formula is C16H22F2N2. The molecule has 20 heavy (non-hydrogen) atoms. The largest absolute Gasteiger partial charge is 0.371 e. The Kier molecular flexibility index (Phi) is 3.92. The number of nitrogens with zero attached hydrogens (tertiary/aromatic N) is 1. The molecule has 1 aromatic rings. The summed E-state index contributed by atoms with van der Waals surface area (Å²) in [4.78, 5) is 2.17. The van der Waals surface area contributed by atoms with Gasteiger partial charge in [-0.15, -0.1) is 0 Å². The molecule has 0 saturated carbocycles. The minimum atomic E-state index is -0.484. The van der Waals surface area contributed by atoms with Gasteiger partial charge in [-0.3, -0.25) is 0 Å². The van der Waals surface area contributed by atoms with Gasteiger partial charge in [0.1, 0.15) is 11.6 Å². The Morgan fingerprint density at radius 2 is 1.70 bits per heavy atom. The zero-order valence-corrected chi connectivity index (χ0v) is 11.8. The van der Waals surface area contributed by atoms with Crippen LogP contribution in [0.15, 0.2) is 18.2 Å².